The van der Waals surface area contributed by atoms with Gasteiger partial charge in [-0.05, 0) is 43.7 Å². The van der Waals surface area contributed by atoms with Crippen LogP contribution in [0.5, 0.6) is 0 Å². The number of nitrogens with one attached hydrogen (secondary N) is 2. The number of amides is 1. The molecule has 174 valence electrons. The van der Waals surface area contributed by atoms with Crippen LogP contribution in [0, 0.1) is 0 Å². The lowest BCUT2D eigenvalue weighted by atomic mass is 9.95. The topological polar surface area (TPSA) is 73.8 Å². The third-order valence-corrected chi connectivity index (χ3v) is 7.72. The molecule has 1 aromatic carbocycles. The van der Waals surface area contributed by atoms with Crippen molar-refractivity contribution in [3.8, 4) is 0 Å². The number of hydrogen-bond acceptors (Lipinski definition) is 3. The third kappa shape index (κ3) is 7.73. The summed E-state index contributed by atoms with van der Waals surface area (Å²) in [5, 5.41) is 7.14. The Labute approximate surface area is 206 Å². The molecule has 0 aromatic heterocycles. The molecule has 3 atom stereocenters. The molecular weight excluding hydrogens is 523 g/mol. The molecule has 1 amide bonds. The molecule has 0 saturated heterocycles. The molecule has 0 radical (unpaired) electrons. The van der Waals surface area contributed by atoms with Crippen molar-refractivity contribution < 1.29 is 9.00 Å². The molecule has 2 N–H and O–H groups in total. The number of hydrogen-bond donors (Lipinski definition) is 2. The van der Waals surface area contributed by atoms with E-state index in [0.717, 1.165) is 63.5 Å². The minimum atomic E-state index is -0.723. The Morgan fingerprint density at radius 2 is 1.90 bits per heavy atom. The molecule has 3 rings (SSSR count). The van der Waals surface area contributed by atoms with Crippen LogP contribution < -0.4 is 10.6 Å². The number of nitrogens with zero attached hydrogens (tertiary/aromatic N) is 2. The van der Waals surface area contributed by atoms with Crippen molar-refractivity contribution in [2.24, 2.45) is 4.99 Å². The lowest BCUT2D eigenvalue weighted by molar-refractivity contribution is -0.131. The number of benzene rings is 1. The van der Waals surface area contributed by atoms with Gasteiger partial charge in [0.05, 0.1) is 0 Å². The molecule has 0 spiro atoms. The van der Waals surface area contributed by atoms with Crippen molar-refractivity contribution in [1.29, 1.82) is 0 Å². The molecule has 8 heteroatoms. The molecule has 0 bridgehead atoms. The zero-order valence-electron chi connectivity index (χ0n) is 18.8. The van der Waals surface area contributed by atoms with Crippen molar-refractivity contribution in [2.75, 3.05) is 18.8 Å². The Hall–Kier alpha value is -1.16. The Balaban J connectivity index is 0.00000341. The van der Waals surface area contributed by atoms with Gasteiger partial charge >= 0.3 is 0 Å². The largest absolute Gasteiger partial charge is 0.357 e. The van der Waals surface area contributed by atoms with Gasteiger partial charge in [-0.3, -0.25) is 14.0 Å². The second-order valence-electron chi connectivity index (χ2n) is 8.18. The number of rotatable bonds is 8. The summed E-state index contributed by atoms with van der Waals surface area (Å²) in [6, 6.07) is 8.60. The maximum absolute atomic E-state index is 12.5. The van der Waals surface area contributed by atoms with Gasteiger partial charge in [0, 0.05) is 60.4 Å². The van der Waals surface area contributed by atoms with Crippen LogP contribution in [0.4, 0.5) is 0 Å². The first-order valence-corrected chi connectivity index (χ1v) is 12.8. The van der Waals surface area contributed by atoms with Crippen molar-refractivity contribution in [2.45, 2.75) is 76.8 Å². The van der Waals surface area contributed by atoms with E-state index in [1.807, 2.05) is 24.0 Å². The van der Waals surface area contributed by atoms with Crippen LogP contribution >= 0.6 is 24.0 Å². The summed E-state index contributed by atoms with van der Waals surface area (Å²) in [7, 11) is -0.723. The highest BCUT2D eigenvalue weighted by molar-refractivity contribution is 14.0. The fourth-order valence-corrected chi connectivity index (χ4v) is 5.70. The summed E-state index contributed by atoms with van der Waals surface area (Å²) in [6.07, 6.45) is 5.48. The second kappa shape index (κ2) is 13.4. The van der Waals surface area contributed by atoms with Crippen molar-refractivity contribution in [3.05, 3.63) is 35.4 Å². The Morgan fingerprint density at radius 1 is 1.19 bits per heavy atom. The molecule has 1 aliphatic carbocycles. The molecule has 31 heavy (non-hydrogen) atoms. The van der Waals surface area contributed by atoms with Gasteiger partial charge < -0.3 is 15.5 Å². The molecule has 2 aliphatic rings. The van der Waals surface area contributed by atoms with E-state index in [2.05, 4.69) is 34.7 Å². The smallest absolute Gasteiger partial charge is 0.223 e. The summed E-state index contributed by atoms with van der Waals surface area (Å²) in [5.74, 6) is 1.75. The normalized spacial score (nSPS) is 21.7. The molecule has 1 saturated carbocycles. The zero-order chi connectivity index (χ0) is 21.3. The van der Waals surface area contributed by atoms with Crippen LogP contribution in [-0.4, -0.2) is 51.1 Å². The lowest BCUT2D eigenvalue weighted by Gasteiger charge is -2.30. The van der Waals surface area contributed by atoms with Crippen LogP contribution in [-0.2, 0) is 28.7 Å². The lowest BCUT2D eigenvalue weighted by Crippen LogP contribution is -2.46. The molecular formula is C23H37IN4O2S. The Morgan fingerprint density at radius 3 is 2.55 bits per heavy atom. The fourth-order valence-electron chi connectivity index (χ4n) is 4.35. The number of carbonyl (C=O) groups is 1. The molecule has 1 aliphatic heterocycles. The van der Waals surface area contributed by atoms with Crippen molar-refractivity contribution in [3.63, 3.8) is 0 Å². The molecule has 6 nitrogen and oxygen atoms in total. The molecule has 3 unspecified atom stereocenters. The second-order valence-corrected chi connectivity index (χ2v) is 10.2. The van der Waals surface area contributed by atoms with Gasteiger partial charge in [-0.15, -0.1) is 24.0 Å². The first-order chi connectivity index (χ1) is 14.6. The van der Waals surface area contributed by atoms with Crippen molar-refractivity contribution >= 4 is 46.6 Å². The standard InChI is InChI=1S/C23H36N4O2S.HI/c1-3-24-23(26-20-11-7-12-21(15-20)30(29)4-2)25-14-8-13-22(28)27-16-18-9-5-6-10-19(18)17-27;/h5-6,9-10,20-21H,3-4,7-8,11-17H2,1-2H3,(H2,24,25,26);1H. The van der Waals surface area contributed by atoms with E-state index >= 15 is 0 Å². The highest BCUT2D eigenvalue weighted by Gasteiger charge is 2.26. The van der Waals surface area contributed by atoms with Crippen LogP contribution in [0.3, 0.4) is 0 Å². The van der Waals surface area contributed by atoms with Gasteiger partial charge in [0.15, 0.2) is 5.96 Å². The van der Waals surface area contributed by atoms with E-state index in [4.69, 9.17) is 0 Å². The number of aliphatic imine (C=N–C) groups is 1. The molecule has 1 aromatic rings. The number of halogens is 1. The number of guanidine groups is 1. The zero-order valence-corrected chi connectivity index (χ0v) is 21.9. The minimum Gasteiger partial charge on any atom is -0.357 e. The minimum absolute atomic E-state index is 0. The van der Waals surface area contributed by atoms with E-state index in [0.29, 0.717) is 24.3 Å². The predicted octanol–water partition coefficient (Wildman–Crippen LogP) is 3.56. The maximum atomic E-state index is 12.5. The average molecular weight is 561 g/mol. The van der Waals surface area contributed by atoms with Gasteiger partial charge in [-0.25, -0.2) is 0 Å². The van der Waals surface area contributed by atoms with Crippen LogP contribution in [0.15, 0.2) is 29.3 Å². The van der Waals surface area contributed by atoms with Gasteiger partial charge in [0.1, 0.15) is 0 Å². The summed E-state index contributed by atoms with van der Waals surface area (Å²) in [5.41, 5.74) is 2.52. The van der Waals surface area contributed by atoms with E-state index in [1.54, 1.807) is 0 Å². The van der Waals surface area contributed by atoms with Gasteiger partial charge in [0.2, 0.25) is 5.91 Å². The van der Waals surface area contributed by atoms with Crippen molar-refractivity contribution in [1.82, 2.24) is 15.5 Å². The highest BCUT2D eigenvalue weighted by atomic mass is 127. The monoisotopic (exact) mass is 560 g/mol. The Bertz CT molecular complexity index is 749. The van der Waals surface area contributed by atoms with Gasteiger partial charge in [-0.1, -0.05) is 37.6 Å². The average Bonchev–Trinajstić information content (AvgIpc) is 3.20. The van der Waals surface area contributed by atoms with Crippen LogP contribution in [0.2, 0.25) is 0 Å². The molecule has 1 heterocycles. The fraction of sp³-hybridized carbons (Fsp3) is 0.652. The number of carbonyl (C=O) groups excluding carboxylic acids is 1. The first kappa shape index (κ1) is 26.1. The van der Waals surface area contributed by atoms with Gasteiger partial charge in [0.25, 0.3) is 0 Å². The molecule has 1 fully saturated rings. The van der Waals surface area contributed by atoms with E-state index in [-0.39, 0.29) is 29.9 Å². The summed E-state index contributed by atoms with van der Waals surface area (Å²) in [6.45, 7) is 6.93. The quantitative estimate of drug-likeness (QED) is 0.221. The SMILES string of the molecule is CCNC(=NCCCC(=O)N1Cc2ccccc2C1)NC1CCCC(S(=O)CC)C1.I. The van der Waals surface area contributed by atoms with Gasteiger partial charge in [-0.2, -0.15) is 0 Å². The third-order valence-electron chi connectivity index (χ3n) is 5.98. The predicted molar refractivity (Wildman–Crippen MR) is 139 cm³/mol. The van der Waals surface area contributed by atoms with Crippen LogP contribution in [0.1, 0.15) is 63.5 Å². The van der Waals surface area contributed by atoms with E-state index < -0.39 is 10.8 Å². The summed E-state index contributed by atoms with van der Waals surface area (Å²) >= 11 is 0. The highest BCUT2D eigenvalue weighted by Crippen LogP contribution is 2.24. The number of fused-ring (bicyclic) bond motifs is 1. The van der Waals surface area contributed by atoms with E-state index in [9.17, 15) is 9.00 Å². The Kier molecular flexibility index (Phi) is 11.3. The maximum Gasteiger partial charge on any atom is 0.223 e. The van der Waals surface area contributed by atoms with E-state index in [1.165, 1.54) is 11.1 Å². The first-order valence-electron chi connectivity index (χ1n) is 11.4. The summed E-state index contributed by atoms with van der Waals surface area (Å²) in [4.78, 5) is 19.2. The van der Waals surface area contributed by atoms with Crippen LogP contribution in [0.25, 0.3) is 0 Å². The summed E-state index contributed by atoms with van der Waals surface area (Å²) < 4.78 is 12.2.